The normalized spacial score (nSPS) is 9.83. The van der Waals surface area contributed by atoms with Crippen LogP contribution in [0.4, 0.5) is 5.00 Å². The fourth-order valence-corrected chi connectivity index (χ4v) is 3.10. The van der Waals surface area contributed by atoms with E-state index in [0.717, 1.165) is 11.3 Å². The van der Waals surface area contributed by atoms with E-state index in [-0.39, 0.29) is 28.7 Å². The van der Waals surface area contributed by atoms with Crippen LogP contribution < -0.4 is 10.6 Å². The second-order valence-electron chi connectivity index (χ2n) is 4.36. The topological polar surface area (TPSA) is 103 Å². The highest BCUT2D eigenvalue weighted by atomic mass is 32.1. The molecule has 1 aromatic heterocycles. The number of thiophene rings is 1. The Bertz CT molecular complexity index is 656. The van der Waals surface area contributed by atoms with Gasteiger partial charge in [0.25, 0.3) is 0 Å². The van der Waals surface area contributed by atoms with Gasteiger partial charge in [0.15, 0.2) is 5.11 Å². The lowest BCUT2D eigenvalue weighted by Crippen LogP contribution is -2.34. The minimum atomic E-state index is -0.616. The van der Waals surface area contributed by atoms with Crippen molar-refractivity contribution in [1.29, 1.82) is 0 Å². The number of nitrogens with one attached hydrogen (secondary N) is 2. The van der Waals surface area contributed by atoms with E-state index in [1.54, 1.807) is 13.8 Å². The van der Waals surface area contributed by atoms with Crippen LogP contribution >= 0.6 is 23.6 Å². The Hall–Kier alpha value is -2.20. The molecular weight excluding hydrogens is 356 g/mol. The lowest BCUT2D eigenvalue weighted by atomic mass is 10.1. The summed E-state index contributed by atoms with van der Waals surface area (Å²) in [5.74, 6) is -1.65. The van der Waals surface area contributed by atoms with Crippen LogP contribution in [0.3, 0.4) is 0 Å². The molecule has 0 radical (unpaired) electrons. The predicted octanol–water partition coefficient (Wildman–Crippen LogP) is 1.48. The molecule has 1 heterocycles. The summed E-state index contributed by atoms with van der Waals surface area (Å²) in [5, 5.41) is 5.86. The minimum Gasteiger partial charge on any atom is -0.465 e. The Morgan fingerprint density at radius 3 is 2.33 bits per heavy atom. The first-order valence-electron chi connectivity index (χ1n) is 6.86. The van der Waals surface area contributed by atoms with Crippen molar-refractivity contribution in [1.82, 2.24) is 5.32 Å². The SMILES string of the molecule is CCOC(=O)CNC(=S)Nc1sc(C(=O)OC)c(C)c1C(=O)OC. The zero-order chi connectivity index (χ0) is 18.3. The molecule has 10 heteroatoms. The Balaban J connectivity index is 2.97. The van der Waals surface area contributed by atoms with Gasteiger partial charge in [0.2, 0.25) is 0 Å². The molecular formula is C14H18N2O6S2. The highest BCUT2D eigenvalue weighted by Crippen LogP contribution is 2.34. The van der Waals surface area contributed by atoms with E-state index in [2.05, 4.69) is 10.6 Å². The Labute approximate surface area is 148 Å². The third-order valence-corrected chi connectivity index (χ3v) is 4.27. The molecule has 0 unspecified atom stereocenters. The molecule has 24 heavy (non-hydrogen) atoms. The third kappa shape index (κ3) is 4.90. The molecule has 0 amide bonds. The van der Waals surface area contributed by atoms with E-state index in [0.29, 0.717) is 10.6 Å². The molecule has 0 bridgehead atoms. The summed E-state index contributed by atoms with van der Waals surface area (Å²) in [6, 6.07) is 0. The molecule has 8 nitrogen and oxygen atoms in total. The molecule has 0 aliphatic rings. The van der Waals surface area contributed by atoms with E-state index in [9.17, 15) is 14.4 Å². The fraction of sp³-hybridized carbons (Fsp3) is 0.429. The minimum absolute atomic E-state index is 0.103. The number of ether oxygens (including phenoxy) is 3. The maximum atomic E-state index is 12.0. The number of carbonyl (C=O) groups is 3. The number of hydrogen-bond donors (Lipinski definition) is 2. The first-order valence-corrected chi connectivity index (χ1v) is 8.08. The Kier molecular flexibility index (Phi) is 7.59. The van der Waals surface area contributed by atoms with E-state index in [4.69, 9.17) is 26.4 Å². The molecule has 2 N–H and O–H groups in total. The number of methoxy groups -OCH3 is 2. The summed E-state index contributed by atoms with van der Waals surface area (Å²) in [5.41, 5.74) is 0.609. The summed E-state index contributed by atoms with van der Waals surface area (Å²) < 4.78 is 14.2. The number of esters is 3. The number of rotatable bonds is 6. The molecule has 0 saturated carbocycles. The van der Waals surface area contributed by atoms with Gasteiger partial charge in [-0.2, -0.15) is 0 Å². The molecule has 132 valence electrons. The standard InChI is InChI=1S/C14H18N2O6S2/c1-5-22-8(17)6-15-14(23)16-11-9(12(18)20-3)7(2)10(24-11)13(19)21-4/h5-6H2,1-4H3,(H2,15,16,23). The zero-order valence-corrected chi connectivity index (χ0v) is 15.3. The van der Waals surface area contributed by atoms with Crippen LogP contribution in [0.25, 0.3) is 0 Å². The Morgan fingerprint density at radius 1 is 1.17 bits per heavy atom. The van der Waals surface area contributed by atoms with Crippen molar-refractivity contribution in [3.63, 3.8) is 0 Å². The Morgan fingerprint density at radius 2 is 1.79 bits per heavy atom. The van der Waals surface area contributed by atoms with E-state index >= 15 is 0 Å². The summed E-state index contributed by atoms with van der Waals surface area (Å²) in [6.07, 6.45) is 0. The molecule has 0 atom stereocenters. The summed E-state index contributed by atoms with van der Waals surface area (Å²) in [6.45, 7) is 3.44. The van der Waals surface area contributed by atoms with E-state index in [1.807, 2.05) is 0 Å². The predicted molar refractivity (Wildman–Crippen MR) is 92.6 cm³/mol. The fourth-order valence-electron chi connectivity index (χ4n) is 1.75. The van der Waals surface area contributed by atoms with Crippen LogP contribution in [0.2, 0.25) is 0 Å². The van der Waals surface area contributed by atoms with Gasteiger partial charge in [0, 0.05) is 0 Å². The molecule has 1 aromatic rings. The van der Waals surface area contributed by atoms with Gasteiger partial charge in [-0.05, 0) is 31.6 Å². The first-order chi connectivity index (χ1) is 11.3. The summed E-state index contributed by atoms with van der Waals surface area (Å²) in [7, 11) is 2.48. The maximum absolute atomic E-state index is 12.0. The molecule has 0 aromatic carbocycles. The van der Waals surface area contributed by atoms with Crippen molar-refractivity contribution in [3.8, 4) is 0 Å². The van der Waals surface area contributed by atoms with Crippen LogP contribution in [-0.4, -0.2) is 50.4 Å². The van der Waals surface area contributed by atoms with Crippen LogP contribution in [0.5, 0.6) is 0 Å². The lowest BCUT2D eigenvalue weighted by Gasteiger charge is -2.10. The van der Waals surface area contributed by atoms with Crippen molar-refractivity contribution < 1.29 is 28.6 Å². The highest BCUT2D eigenvalue weighted by molar-refractivity contribution is 7.80. The zero-order valence-electron chi connectivity index (χ0n) is 13.7. The van der Waals surface area contributed by atoms with E-state index in [1.165, 1.54) is 14.2 Å². The highest BCUT2D eigenvalue weighted by Gasteiger charge is 2.26. The van der Waals surface area contributed by atoms with E-state index < -0.39 is 17.9 Å². The van der Waals surface area contributed by atoms with Gasteiger partial charge in [0.05, 0.1) is 26.4 Å². The van der Waals surface area contributed by atoms with Gasteiger partial charge in [0.1, 0.15) is 16.4 Å². The first kappa shape index (κ1) is 19.8. The second kappa shape index (κ2) is 9.18. The number of carbonyl (C=O) groups excluding carboxylic acids is 3. The second-order valence-corrected chi connectivity index (χ2v) is 5.79. The molecule has 0 aliphatic carbocycles. The van der Waals surface area contributed by atoms with Gasteiger partial charge >= 0.3 is 17.9 Å². The van der Waals surface area contributed by atoms with Gasteiger partial charge in [-0.3, -0.25) is 4.79 Å². The quantitative estimate of drug-likeness (QED) is 0.435. The van der Waals surface area contributed by atoms with Gasteiger partial charge in [-0.15, -0.1) is 11.3 Å². The van der Waals surface area contributed by atoms with Gasteiger partial charge in [-0.25, -0.2) is 9.59 Å². The molecule has 1 rings (SSSR count). The van der Waals surface area contributed by atoms with Crippen molar-refractivity contribution in [3.05, 3.63) is 16.0 Å². The maximum Gasteiger partial charge on any atom is 0.348 e. The number of anilines is 1. The van der Waals surface area contributed by atoms with Crippen LogP contribution in [0.1, 0.15) is 32.5 Å². The molecule has 0 saturated heterocycles. The van der Waals surface area contributed by atoms with Crippen molar-refractivity contribution in [2.24, 2.45) is 0 Å². The molecule has 0 fully saturated rings. The monoisotopic (exact) mass is 374 g/mol. The molecule has 0 spiro atoms. The van der Waals surface area contributed by atoms with Crippen LogP contribution in [0.15, 0.2) is 0 Å². The van der Waals surface area contributed by atoms with Crippen LogP contribution in [0, 0.1) is 6.92 Å². The largest absolute Gasteiger partial charge is 0.465 e. The van der Waals surface area contributed by atoms with Crippen molar-refractivity contribution in [2.45, 2.75) is 13.8 Å². The number of thiocarbonyl (C=S) groups is 1. The third-order valence-electron chi connectivity index (χ3n) is 2.83. The average molecular weight is 374 g/mol. The molecule has 0 aliphatic heterocycles. The van der Waals surface area contributed by atoms with Gasteiger partial charge < -0.3 is 24.8 Å². The average Bonchev–Trinajstić information content (AvgIpc) is 2.88. The van der Waals surface area contributed by atoms with Crippen LogP contribution in [-0.2, 0) is 19.0 Å². The summed E-state index contributed by atoms with van der Waals surface area (Å²) in [4.78, 5) is 35.3. The van der Waals surface area contributed by atoms with Crippen molar-refractivity contribution >= 4 is 51.6 Å². The lowest BCUT2D eigenvalue weighted by molar-refractivity contribution is -0.141. The number of hydrogen-bond acceptors (Lipinski definition) is 8. The summed E-state index contributed by atoms with van der Waals surface area (Å²) >= 11 is 6.08. The smallest absolute Gasteiger partial charge is 0.348 e. The van der Waals surface area contributed by atoms with Crippen molar-refractivity contribution in [2.75, 3.05) is 32.7 Å². The van der Waals surface area contributed by atoms with Gasteiger partial charge in [-0.1, -0.05) is 0 Å².